The molecule has 1 heterocycles. The van der Waals surface area contributed by atoms with Crippen molar-refractivity contribution in [3.8, 4) is 0 Å². The largest absolute Gasteiger partial charge is 0.383 e. The maximum Gasteiger partial charge on any atom is 0.166 e. The van der Waals surface area contributed by atoms with Crippen LogP contribution in [0.5, 0.6) is 0 Å². The third kappa shape index (κ3) is 3.02. The van der Waals surface area contributed by atoms with E-state index in [1.165, 1.54) is 0 Å². The highest BCUT2D eigenvalue weighted by Crippen LogP contribution is 2.45. The van der Waals surface area contributed by atoms with E-state index >= 15 is 0 Å². The first-order valence-electron chi connectivity index (χ1n) is 7.27. The minimum atomic E-state index is -3.09. The highest BCUT2D eigenvalue weighted by atomic mass is 32.2. The molecule has 0 amide bonds. The topological polar surface area (TPSA) is 72.6 Å². The predicted molar refractivity (Wildman–Crippen MR) is 83.7 cm³/mol. The number of nitrogens with two attached hydrogens (primary N) is 1. The summed E-state index contributed by atoms with van der Waals surface area (Å²) in [6.45, 7) is 3.50. The lowest BCUT2D eigenvalue weighted by molar-refractivity contribution is -0.00368. The normalized spacial score (nSPS) is 28.2. The van der Waals surface area contributed by atoms with Crippen molar-refractivity contribution in [3.05, 3.63) is 0 Å². The SMILES string of the molecule is CCS(=O)(=O)C1CSCCN1C(CN)(COC)C1CC1. The fourth-order valence-electron chi connectivity index (χ4n) is 3.23. The maximum absolute atomic E-state index is 12.4. The molecule has 118 valence electrons. The zero-order chi connectivity index (χ0) is 14.8. The third-order valence-electron chi connectivity index (χ3n) is 4.56. The van der Waals surface area contributed by atoms with Crippen LogP contribution in [0.4, 0.5) is 0 Å². The second kappa shape index (κ2) is 6.52. The first-order valence-corrected chi connectivity index (χ1v) is 10.1. The zero-order valence-corrected chi connectivity index (χ0v) is 14.0. The van der Waals surface area contributed by atoms with Gasteiger partial charge in [0, 0.05) is 37.5 Å². The highest BCUT2D eigenvalue weighted by molar-refractivity contribution is 8.01. The summed E-state index contributed by atoms with van der Waals surface area (Å²) in [5, 5.41) is -0.412. The molecule has 0 aromatic carbocycles. The van der Waals surface area contributed by atoms with Gasteiger partial charge < -0.3 is 10.5 Å². The smallest absolute Gasteiger partial charge is 0.166 e. The third-order valence-corrected chi connectivity index (χ3v) is 7.85. The minimum absolute atomic E-state index is 0.188. The van der Waals surface area contributed by atoms with Crippen molar-refractivity contribution in [3.63, 3.8) is 0 Å². The molecule has 0 bridgehead atoms. The second-order valence-corrected chi connectivity index (χ2v) is 9.29. The molecule has 0 radical (unpaired) electrons. The van der Waals surface area contributed by atoms with E-state index in [2.05, 4.69) is 4.90 Å². The van der Waals surface area contributed by atoms with E-state index in [0.717, 1.165) is 25.1 Å². The molecule has 1 saturated carbocycles. The number of thioether (sulfide) groups is 1. The standard InChI is InChI=1S/C13H26N2O3S2/c1-3-20(16,17)12-8-19-7-6-15(12)13(9-14,10-18-2)11-4-5-11/h11-12H,3-10,14H2,1-2H3. The molecule has 5 nitrogen and oxygen atoms in total. The molecule has 20 heavy (non-hydrogen) atoms. The van der Waals surface area contributed by atoms with Gasteiger partial charge in [-0.2, -0.15) is 11.8 Å². The van der Waals surface area contributed by atoms with Gasteiger partial charge in [0.15, 0.2) is 9.84 Å². The van der Waals surface area contributed by atoms with E-state index < -0.39 is 15.2 Å². The van der Waals surface area contributed by atoms with Crippen molar-refractivity contribution < 1.29 is 13.2 Å². The highest BCUT2D eigenvalue weighted by Gasteiger charge is 2.53. The molecule has 1 saturated heterocycles. The quantitative estimate of drug-likeness (QED) is 0.738. The van der Waals surface area contributed by atoms with Gasteiger partial charge in [0.25, 0.3) is 0 Å². The Labute approximate surface area is 126 Å². The Morgan fingerprint density at radius 1 is 1.45 bits per heavy atom. The van der Waals surface area contributed by atoms with Crippen LogP contribution in [0.25, 0.3) is 0 Å². The van der Waals surface area contributed by atoms with Gasteiger partial charge in [-0.1, -0.05) is 6.92 Å². The van der Waals surface area contributed by atoms with Crippen molar-refractivity contribution in [2.24, 2.45) is 11.7 Å². The van der Waals surface area contributed by atoms with Crippen LogP contribution in [0.15, 0.2) is 0 Å². The van der Waals surface area contributed by atoms with Gasteiger partial charge in [0.1, 0.15) is 5.37 Å². The Balaban J connectivity index is 2.33. The Hall–Kier alpha value is 0.180. The van der Waals surface area contributed by atoms with Crippen molar-refractivity contribution in [1.82, 2.24) is 4.90 Å². The number of rotatable bonds is 7. The molecule has 0 aromatic rings. The molecule has 2 fully saturated rings. The molecular formula is C13H26N2O3S2. The van der Waals surface area contributed by atoms with E-state index in [1.807, 2.05) is 0 Å². The Morgan fingerprint density at radius 3 is 2.65 bits per heavy atom. The van der Waals surface area contributed by atoms with Crippen LogP contribution < -0.4 is 5.73 Å². The average Bonchev–Trinajstić information content (AvgIpc) is 3.30. The van der Waals surface area contributed by atoms with Crippen molar-refractivity contribution >= 4 is 21.6 Å². The molecule has 2 atom stereocenters. The fraction of sp³-hybridized carbons (Fsp3) is 1.00. The lowest BCUT2D eigenvalue weighted by Gasteiger charge is -2.49. The van der Waals surface area contributed by atoms with Crippen LogP contribution in [-0.2, 0) is 14.6 Å². The number of methoxy groups -OCH3 is 1. The molecular weight excluding hydrogens is 296 g/mol. The summed E-state index contributed by atoms with van der Waals surface area (Å²) >= 11 is 1.72. The first kappa shape index (κ1) is 16.5. The summed E-state index contributed by atoms with van der Waals surface area (Å²) in [4.78, 5) is 2.16. The van der Waals surface area contributed by atoms with Gasteiger partial charge in [-0.25, -0.2) is 8.42 Å². The van der Waals surface area contributed by atoms with Crippen LogP contribution in [0, 0.1) is 5.92 Å². The maximum atomic E-state index is 12.4. The molecule has 7 heteroatoms. The lowest BCUT2D eigenvalue weighted by atomic mass is 9.91. The van der Waals surface area contributed by atoms with Gasteiger partial charge in [0.05, 0.1) is 12.1 Å². The van der Waals surface area contributed by atoms with Crippen molar-refractivity contribution in [2.45, 2.75) is 30.7 Å². The van der Waals surface area contributed by atoms with Crippen LogP contribution in [-0.4, -0.2) is 68.3 Å². The molecule has 2 rings (SSSR count). The summed E-state index contributed by atoms with van der Waals surface area (Å²) in [6.07, 6.45) is 2.26. The summed E-state index contributed by atoms with van der Waals surface area (Å²) in [7, 11) is -1.42. The van der Waals surface area contributed by atoms with E-state index in [-0.39, 0.29) is 11.3 Å². The fourth-order valence-corrected chi connectivity index (χ4v) is 6.31. The summed E-state index contributed by atoms with van der Waals surface area (Å²) < 4.78 is 30.3. The van der Waals surface area contributed by atoms with E-state index in [1.54, 1.807) is 25.8 Å². The van der Waals surface area contributed by atoms with Gasteiger partial charge in [-0.3, -0.25) is 4.90 Å². The van der Waals surface area contributed by atoms with Crippen LogP contribution in [0.2, 0.25) is 0 Å². The van der Waals surface area contributed by atoms with Gasteiger partial charge in [0.2, 0.25) is 0 Å². The van der Waals surface area contributed by atoms with E-state index in [4.69, 9.17) is 10.5 Å². The molecule has 0 aromatic heterocycles. The summed E-state index contributed by atoms with van der Waals surface area (Å²) in [6, 6.07) is 0. The summed E-state index contributed by atoms with van der Waals surface area (Å²) in [5.41, 5.74) is 5.79. The van der Waals surface area contributed by atoms with Gasteiger partial charge in [-0.15, -0.1) is 0 Å². The van der Waals surface area contributed by atoms with Crippen LogP contribution in [0.1, 0.15) is 19.8 Å². The van der Waals surface area contributed by atoms with Crippen molar-refractivity contribution in [1.29, 1.82) is 0 Å². The molecule has 2 N–H and O–H groups in total. The number of sulfone groups is 1. The van der Waals surface area contributed by atoms with Crippen LogP contribution in [0.3, 0.4) is 0 Å². The summed E-state index contributed by atoms with van der Waals surface area (Å²) in [5.74, 6) is 2.28. The predicted octanol–water partition coefficient (Wildman–Crippen LogP) is 0.550. The first-order chi connectivity index (χ1) is 9.51. The number of hydrogen-bond donors (Lipinski definition) is 1. The van der Waals surface area contributed by atoms with Crippen LogP contribution >= 0.6 is 11.8 Å². The lowest BCUT2D eigenvalue weighted by Crippen LogP contribution is -2.65. The zero-order valence-electron chi connectivity index (χ0n) is 12.4. The Morgan fingerprint density at radius 2 is 2.15 bits per heavy atom. The molecule has 0 spiro atoms. The average molecular weight is 322 g/mol. The minimum Gasteiger partial charge on any atom is -0.383 e. The van der Waals surface area contributed by atoms with E-state index in [9.17, 15) is 8.42 Å². The molecule has 2 aliphatic rings. The molecule has 1 aliphatic carbocycles. The monoisotopic (exact) mass is 322 g/mol. The number of nitrogens with zero attached hydrogens (tertiary/aromatic N) is 1. The van der Waals surface area contributed by atoms with E-state index in [0.29, 0.717) is 24.8 Å². The van der Waals surface area contributed by atoms with Crippen molar-refractivity contribution in [2.75, 3.05) is 44.1 Å². The molecule has 2 unspecified atom stereocenters. The van der Waals surface area contributed by atoms with Gasteiger partial charge in [-0.05, 0) is 18.8 Å². The van der Waals surface area contributed by atoms with Gasteiger partial charge >= 0.3 is 0 Å². The Kier molecular flexibility index (Phi) is 5.40. The molecule has 1 aliphatic heterocycles. The number of ether oxygens (including phenoxy) is 1. The second-order valence-electron chi connectivity index (χ2n) is 5.69. The number of hydrogen-bond acceptors (Lipinski definition) is 6. The Bertz CT molecular complexity index is 425.